The maximum Gasteiger partial charge on any atom is 0.0594 e. The molecule has 3 nitrogen and oxygen atoms in total. The lowest BCUT2D eigenvalue weighted by molar-refractivity contribution is 0.0319. The van der Waals surface area contributed by atoms with Crippen molar-refractivity contribution in [1.29, 1.82) is 0 Å². The van der Waals surface area contributed by atoms with Gasteiger partial charge in [-0.25, -0.2) is 0 Å². The Kier molecular flexibility index (Phi) is 5.07. The molecule has 0 aromatic carbocycles. The monoisotopic (exact) mass is 290 g/mol. The van der Waals surface area contributed by atoms with Gasteiger partial charge < -0.3 is 9.64 Å². The Balaban J connectivity index is 1.65. The average molecular weight is 291 g/mol. The van der Waals surface area contributed by atoms with Gasteiger partial charge in [0.2, 0.25) is 0 Å². The molecular formula is C12H23BrN2O. The first-order valence-corrected chi connectivity index (χ1v) is 7.34. The highest BCUT2D eigenvalue weighted by molar-refractivity contribution is 9.09. The molecule has 0 bridgehead atoms. The first-order valence-electron chi connectivity index (χ1n) is 6.42. The fourth-order valence-electron chi connectivity index (χ4n) is 2.40. The fourth-order valence-corrected chi connectivity index (χ4v) is 3.07. The number of hydrogen-bond donors (Lipinski definition) is 0. The van der Waals surface area contributed by atoms with Gasteiger partial charge in [0.25, 0.3) is 0 Å². The van der Waals surface area contributed by atoms with Crippen molar-refractivity contribution >= 4 is 15.9 Å². The van der Waals surface area contributed by atoms with E-state index in [2.05, 4.69) is 32.7 Å². The van der Waals surface area contributed by atoms with Crippen LogP contribution in [-0.4, -0.2) is 67.1 Å². The molecule has 94 valence electrons. The summed E-state index contributed by atoms with van der Waals surface area (Å²) in [6, 6.07) is 0. The lowest BCUT2D eigenvalue weighted by atomic mass is 9.99. The van der Waals surface area contributed by atoms with Crippen LogP contribution >= 0.6 is 15.9 Å². The summed E-state index contributed by atoms with van der Waals surface area (Å²) in [6.45, 7) is 11.3. The Labute approximate surface area is 107 Å². The zero-order chi connectivity index (χ0) is 11.4. The molecule has 0 amide bonds. The summed E-state index contributed by atoms with van der Waals surface area (Å²) in [5.74, 6) is 0.833. The number of alkyl halides is 1. The number of rotatable bonds is 3. The molecular weight excluding hydrogens is 268 g/mol. The standard InChI is InChI=1S/C12H23BrN2O/c1-11-2-3-15(10-12(11)13)5-4-14-6-8-16-9-7-14/h11-12H,2-10H2,1H3. The minimum atomic E-state index is 0.686. The average Bonchev–Trinajstić information content (AvgIpc) is 2.32. The summed E-state index contributed by atoms with van der Waals surface area (Å²) in [5.41, 5.74) is 0. The predicted octanol–water partition coefficient (Wildman–Crippen LogP) is 1.42. The first-order chi connectivity index (χ1) is 7.75. The molecule has 0 aromatic heterocycles. The van der Waals surface area contributed by atoms with E-state index in [0.29, 0.717) is 4.83 Å². The first kappa shape index (κ1) is 12.8. The summed E-state index contributed by atoms with van der Waals surface area (Å²) in [7, 11) is 0. The molecule has 0 aromatic rings. The Hall–Kier alpha value is 0.360. The SMILES string of the molecule is CC1CCN(CCN2CCOCC2)CC1Br. The van der Waals surface area contributed by atoms with Gasteiger partial charge in [-0.1, -0.05) is 22.9 Å². The van der Waals surface area contributed by atoms with Gasteiger partial charge in [-0.3, -0.25) is 4.90 Å². The highest BCUT2D eigenvalue weighted by Crippen LogP contribution is 2.22. The molecule has 2 heterocycles. The third-order valence-corrected chi connectivity index (χ3v) is 4.98. The minimum Gasteiger partial charge on any atom is -0.379 e. The molecule has 4 heteroatoms. The van der Waals surface area contributed by atoms with Crippen LogP contribution in [0.2, 0.25) is 0 Å². The van der Waals surface area contributed by atoms with Gasteiger partial charge in [-0.05, 0) is 18.9 Å². The maximum absolute atomic E-state index is 5.36. The van der Waals surface area contributed by atoms with Gasteiger partial charge in [-0.15, -0.1) is 0 Å². The molecule has 16 heavy (non-hydrogen) atoms. The van der Waals surface area contributed by atoms with E-state index in [0.717, 1.165) is 32.2 Å². The predicted molar refractivity (Wildman–Crippen MR) is 70.2 cm³/mol. The van der Waals surface area contributed by atoms with Crippen LogP contribution in [0.4, 0.5) is 0 Å². The van der Waals surface area contributed by atoms with Crippen LogP contribution in [0.25, 0.3) is 0 Å². The maximum atomic E-state index is 5.36. The number of hydrogen-bond acceptors (Lipinski definition) is 3. The molecule has 2 saturated heterocycles. The minimum absolute atomic E-state index is 0.686. The number of nitrogens with zero attached hydrogens (tertiary/aromatic N) is 2. The summed E-state index contributed by atoms with van der Waals surface area (Å²) >= 11 is 3.78. The zero-order valence-electron chi connectivity index (χ0n) is 10.2. The van der Waals surface area contributed by atoms with Crippen molar-refractivity contribution in [2.24, 2.45) is 5.92 Å². The smallest absolute Gasteiger partial charge is 0.0594 e. The Morgan fingerprint density at radius 3 is 2.50 bits per heavy atom. The number of morpholine rings is 1. The Morgan fingerprint density at radius 2 is 1.81 bits per heavy atom. The van der Waals surface area contributed by atoms with Crippen molar-refractivity contribution < 1.29 is 4.74 Å². The van der Waals surface area contributed by atoms with E-state index in [1.54, 1.807) is 0 Å². The lowest BCUT2D eigenvalue weighted by Crippen LogP contribution is -2.45. The van der Waals surface area contributed by atoms with Crippen molar-refractivity contribution in [3.63, 3.8) is 0 Å². The molecule has 0 radical (unpaired) electrons. The third kappa shape index (κ3) is 3.69. The number of likely N-dealkylation sites (tertiary alicyclic amines) is 1. The molecule has 0 aliphatic carbocycles. The second-order valence-electron chi connectivity index (χ2n) is 5.04. The van der Waals surface area contributed by atoms with E-state index < -0.39 is 0 Å². The van der Waals surface area contributed by atoms with Crippen LogP contribution < -0.4 is 0 Å². The lowest BCUT2D eigenvalue weighted by Gasteiger charge is -2.36. The van der Waals surface area contributed by atoms with Gasteiger partial charge in [-0.2, -0.15) is 0 Å². The van der Waals surface area contributed by atoms with E-state index in [1.165, 1.54) is 32.6 Å². The second-order valence-corrected chi connectivity index (χ2v) is 6.21. The van der Waals surface area contributed by atoms with Crippen LogP contribution in [0.15, 0.2) is 0 Å². The van der Waals surface area contributed by atoms with Crippen molar-refractivity contribution in [2.75, 3.05) is 52.5 Å². The number of piperidine rings is 1. The quantitative estimate of drug-likeness (QED) is 0.732. The molecule has 0 spiro atoms. The molecule has 2 rings (SSSR count). The molecule has 2 atom stereocenters. The van der Waals surface area contributed by atoms with E-state index >= 15 is 0 Å². The van der Waals surface area contributed by atoms with Gasteiger partial charge in [0.05, 0.1) is 13.2 Å². The van der Waals surface area contributed by atoms with Gasteiger partial charge >= 0.3 is 0 Å². The van der Waals surface area contributed by atoms with E-state index in [4.69, 9.17) is 4.74 Å². The van der Waals surface area contributed by atoms with Crippen molar-refractivity contribution in [1.82, 2.24) is 9.80 Å². The van der Waals surface area contributed by atoms with Crippen molar-refractivity contribution in [3.8, 4) is 0 Å². The Morgan fingerprint density at radius 1 is 1.12 bits per heavy atom. The van der Waals surface area contributed by atoms with Gasteiger partial charge in [0.1, 0.15) is 0 Å². The highest BCUT2D eigenvalue weighted by Gasteiger charge is 2.24. The van der Waals surface area contributed by atoms with E-state index in [1.807, 2.05) is 0 Å². The van der Waals surface area contributed by atoms with Crippen LogP contribution in [0.5, 0.6) is 0 Å². The van der Waals surface area contributed by atoms with E-state index in [-0.39, 0.29) is 0 Å². The summed E-state index contributed by atoms with van der Waals surface area (Å²) in [5, 5.41) is 0. The highest BCUT2D eigenvalue weighted by atomic mass is 79.9. The van der Waals surface area contributed by atoms with Crippen LogP contribution in [-0.2, 0) is 4.74 Å². The number of ether oxygens (including phenoxy) is 1. The van der Waals surface area contributed by atoms with Gasteiger partial charge in [0, 0.05) is 37.6 Å². The molecule has 0 saturated carbocycles. The van der Waals surface area contributed by atoms with Crippen molar-refractivity contribution in [2.45, 2.75) is 18.2 Å². The summed E-state index contributed by atoms with van der Waals surface area (Å²) < 4.78 is 5.36. The fraction of sp³-hybridized carbons (Fsp3) is 1.00. The zero-order valence-corrected chi connectivity index (χ0v) is 11.8. The molecule has 2 unspecified atom stereocenters. The van der Waals surface area contributed by atoms with Crippen LogP contribution in [0.3, 0.4) is 0 Å². The van der Waals surface area contributed by atoms with Crippen molar-refractivity contribution in [3.05, 3.63) is 0 Å². The third-order valence-electron chi connectivity index (χ3n) is 3.79. The van der Waals surface area contributed by atoms with Gasteiger partial charge in [0.15, 0.2) is 0 Å². The summed E-state index contributed by atoms with van der Waals surface area (Å²) in [4.78, 5) is 5.80. The molecule has 2 fully saturated rings. The van der Waals surface area contributed by atoms with Crippen LogP contribution in [0, 0.1) is 5.92 Å². The van der Waals surface area contributed by atoms with E-state index in [9.17, 15) is 0 Å². The largest absolute Gasteiger partial charge is 0.379 e. The molecule has 2 aliphatic rings. The molecule has 2 aliphatic heterocycles. The van der Waals surface area contributed by atoms with Crippen LogP contribution in [0.1, 0.15) is 13.3 Å². The number of halogens is 1. The second kappa shape index (κ2) is 6.34. The normalized spacial score (nSPS) is 34.1. The topological polar surface area (TPSA) is 15.7 Å². The Bertz CT molecular complexity index is 209. The summed E-state index contributed by atoms with van der Waals surface area (Å²) in [6.07, 6.45) is 1.33. The molecule has 0 N–H and O–H groups in total.